The lowest BCUT2D eigenvalue weighted by Crippen LogP contribution is -2.34. The molecule has 0 atom stereocenters. The van der Waals surface area contributed by atoms with Crippen molar-refractivity contribution in [2.45, 2.75) is 13.1 Å². The van der Waals surface area contributed by atoms with Gasteiger partial charge in [0.05, 0.1) is 14.2 Å². The predicted octanol–water partition coefficient (Wildman–Crippen LogP) is 4.09. The Morgan fingerprint density at radius 2 is 1.35 bits per heavy atom. The normalized spacial score (nSPS) is 10.3. The topological polar surface area (TPSA) is 65.1 Å². The molecular weight excluding hydrogens is 394 g/mol. The largest absolute Gasteiger partial charge is 0.497 e. The summed E-state index contributed by atoms with van der Waals surface area (Å²) in [4.78, 5) is 27.2. The van der Waals surface area contributed by atoms with Gasteiger partial charge in [-0.2, -0.15) is 0 Å². The predicted molar refractivity (Wildman–Crippen MR) is 117 cm³/mol. The van der Waals surface area contributed by atoms with Gasteiger partial charge in [-0.3, -0.25) is 4.79 Å². The maximum Gasteiger partial charge on any atom is 0.342 e. The minimum atomic E-state index is -0.632. The van der Waals surface area contributed by atoms with E-state index in [0.29, 0.717) is 24.6 Å². The minimum absolute atomic E-state index is 0.230. The molecule has 0 unspecified atom stereocenters. The number of carbonyl (C=O) groups is 2. The molecule has 0 radical (unpaired) electrons. The van der Waals surface area contributed by atoms with Crippen molar-refractivity contribution >= 4 is 11.9 Å². The third kappa shape index (κ3) is 6.09. The SMILES string of the molecule is COc1ccc(C(=O)OCC(=O)N(Cc2ccccc2)Cc2ccccc2)c(OC)c1. The smallest absolute Gasteiger partial charge is 0.342 e. The molecular formula is C25H25NO5. The molecule has 0 heterocycles. The fraction of sp³-hybridized carbons (Fsp3) is 0.200. The Labute approximate surface area is 182 Å². The number of hydrogen-bond donors (Lipinski definition) is 0. The van der Waals surface area contributed by atoms with E-state index in [1.54, 1.807) is 23.1 Å². The van der Waals surface area contributed by atoms with Gasteiger partial charge in [-0.05, 0) is 23.3 Å². The number of methoxy groups -OCH3 is 2. The van der Waals surface area contributed by atoms with Gasteiger partial charge < -0.3 is 19.1 Å². The van der Waals surface area contributed by atoms with Crippen LogP contribution >= 0.6 is 0 Å². The Kier molecular flexibility index (Phi) is 7.65. The number of rotatable bonds is 9. The van der Waals surface area contributed by atoms with Crippen molar-refractivity contribution in [1.82, 2.24) is 4.90 Å². The first-order valence-corrected chi connectivity index (χ1v) is 9.85. The second-order valence-corrected chi connectivity index (χ2v) is 6.86. The first-order chi connectivity index (χ1) is 15.1. The van der Waals surface area contributed by atoms with Crippen LogP contribution < -0.4 is 9.47 Å². The molecule has 160 valence electrons. The highest BCUT2D eigenvalue weighted by Crippen LogP contribution is 2.25. The molecule has 0 spiro atoms. The molecule has 6 heteroatoms. The number of hydrogen-bond acceptors (Lipinski definition) is 5. The van der Waals surface area contributed by atoms with Crippen LogP contribution in [0.3, 0.4) is 0 Å². The third-order valence-electron chi connectivity index (χ3n) is 4.74. The Morgan fingerprint density at radius 3 is 1.87 bits per heavy atom. The van der Waals surface area contributed by atoms with Crippen molar-refractivity contribution in [2.24, 2.45) is 0 Å². The van der Waals surface area contributed by atoms with E-state index >= 15 is 0 Å². The van der Waals surface area contributed by atoms with E-state index in [4.69, 9.17) is 14.2 Å². The summed E-state index contributed by atoms with van der Waals surface area (Å²) in [5.41, 5.74) is 2.22. The van der Waals surface area contributed by atoms with Crippen molar-refractivity contribution in [3.8, 4) is 11.5 Å². The Hall–Kier alpha value is -3.80. The van der Waals surface area contributed by atoms with Crippen molar-refractivity contribution < 1.29 is 23.8 Å². The van der Waals surface area contributed by atoms with Crippen molar-refractivity contribution in [3.63, 3.8) is 0 Å². The second kappa shape index (κ2) is 10.8. The van der Waals surface area contributed by atoms with Crippen LogP contribution in [0.1, 0.15) is 21.5 Å². The maximum absolute atomic E-state index is 12.9. The zero-order chi connectivity index (χ0) is 22.1. The summed E-state index contributed by atoms with van der Waals surface area (Å²) in [5.74, 6) is -0.0376. The molecule has 0 N–H and O–H groups in total. The average Bonchev–Trinajstić information content (AvgIpc) is 2.82. The molecule has 1 amide bonds. The lowest BCUT2D eigenvalue weighted by molar-refractivity contribution is -0.135. The van der Waals surface area contributed by atoms with Crippen LogP contribution in [0.5, 0.6) is 11.5 Å². The van der Waals surface area contributed by atoms with Gasteiger partial charge in [0.1, 0.15) is 17.1 Å². The molecule has 3 aromatic carbocycles. The summed E-state index contributed by atoms with van der Waals surface area (Å²) in [5, 5.41) is 0. The molecule has 0 fully saturated rings. The fourth-order valence-corrected chi connectivity index (χ4v) is 3.10. The van der Waals surface area contributed by atoms with E-state index in [9.17, 15) is 9.59 Å². The zero-order valence-electron chi connectivity index (χ0n) is 17.6. The van der Waals surface area contributed by atoms with Gasteiger partial charge in [0.15, 0.2) is 6.61 Å². The molecule has 0 aliphatic carbocycles. The van der Waals surface area contributed by atoms with Crippen molar-refractivity contribution in [3.05, 3.63) is 95.6 Å². The third-order valence-corrected chi connectivity index (χ3v) is 4.74. The maximum atomic E-state index is 12.9. The zero-order valence-corrected chi connectivity index (χ0v) is 17.6. The van der Waals surface area contributed by atoms with E-state index in [0.717, 1.165) is 11.1 Å². The van der Waals surface area contributed by atoms with Crippen molar-refractivity contribution in [2.75, 3.05) is 20.8 Å². The highest BCUT2D eigenvalue weighted by molar-refractivity contribution is 5.94. The van der Waals surface area contributed by atoms with Gasteiger partial charge >= 0.3 is 5.97 Å². The summed E-state index contributed by atoms with van der Waals surface area (Å²) in [7, 11) is 2.98. The number of ether oxygens (including phenoxy) is 3. The van der Waals surface area contributed by atoms with E-state index in [1.807, 2.05) is 60.7 Å². The van der Waals surface area contributed by atoms with E-state index in [1.165, 1.54) is 14.2 Å². The highest BCUT2D eigenvalue weighted by Gasteiger charge is 2.20. The summed E-state index contributed by atoms with van der Waals surface area (Å²) in [6.07, 6.45) is 0. The van der Waals surface area contributed by atoms with Crippen LogP contribution in [-0.2, 0) is 22.6 Å². The number of carbonyl (C=O) groups excluding carboxylic acids is 2. The summed E-state index contributed by atoms with van der Waals surface area (Å²) in [6, 6.07) is 24.2. The fourth-order valence-electron chi connectivity index (χ4n) is 3.10. The molecule has 0 aliphatic rings. The molecule has 0 bridgehead atoms. The molecule has 3 rings (SSSR count). The molecule has 6 nitrogen and oxygen atoms in total. The van der Waals surface area contributed by atoms with Gasteiger partial charge in [-0.15, -0.1) is 0 Å². The van der Waals surface area contributed by atoms with Crippen molar-refractivity contribution in [1.29, 1.82) is 0 Å². The van der Waals surface area contributed by atoms with Gasteiger partial charge in [0, 0.05) is 19.2 Å². The standard InChI is InChI=1S/C25H25NO5/c1-29-21-13-14-22(23(15-21)30-2)25(28)31-18-24(27)26(16-19-9-5-3-6-10-19)17-20-11-7-4-8-12-20/h3-15H,16-18H2,1-2H3. The molecule has 0 aromatic heterocycles. The van der Waals surface area contributed by atoms with Crippen LogP contribution in [-0.4, -0.2) is 37.6 Å². The quantitative estimate of drug-likeness (QED) is 0.489. The van der Waals surface area contributed by atoms with Crippen LogP contribution in [0.4, 0.5) is 0 Å². The molecule has 0 saturated carbocycles. The van der Waals surface area contributed by atoms with Crippen LogP contribution in [0, 0.1) is 0 Å². The molecule has 3 aromatic rings. The summed E-state index contributed by atoms with van der Waals surface area (Å²) >= 11 is 0. The molecule has 0 saturated heterocycles. The Bertz CT molecular complexity index is 963. The number of esters is 1. The first kappa shape index (κ1) is 21.9. The number of benzene rings is 3. The van der Waals surface area contributed by atoms with Gasteiger partial charge in [0.2, 0.25) is 0 Å². The first-order valence-electron chi connectivity index (χ1n) is 9.85. The van der Waals surface area contributed by atoms with Crippen LogP contribution in [0.25, 0.3) is 0 Å². The Morgan fingerprint density at radius 1 is 0.774 bits per heavy atom. The monoisotopic (exact) mass is 419 g/mol. The van der Waals surface area contributed by atoms with E-state index in [2.05, 4.69) is 0 Å². The average molecular weight is 419 g/mol. The van der Waals surface area contributed by atoms with Gasteiger partial charge in [-0.25, -0.2) is 4.79 Å². The highest BCUT2D eigenvalue weighted by atomic mass is 16.5. The van der Waals surface area contributed by atoms with E-state index < -0.39 is 5.97 Å². The van der Waals surface area contributed by atoms with Gasteiger partial charge in [0.25, 0.3) is 5.91 Å². The van der Waals surface area contributed by atoms with Crippen LogP contribution in [0.15, 0.2) is 78.9 Å². The van der Waals surface area contributed by atoms with Gasteiger partial charge in [-0.1, -0.05) is 60.7 Å². The lowest BCUT2D eigenvalue weighted by Gasteiger charge is -2.23. The lowest BCUT2D eigenvalue weighted by atomic mass is 10.1. The number of nitrogens with zero attached hydrogens (tertiary/aromatic N) is 1. The minimum Gasteiger partial charge on any atom is -0.497 e. The number of amides is 1. The Balaban J connectivity index is 1.70. The van der Waals surface area contributed by atoms with Crippen LogP contribution in [0.2, 0.25) is 0 Å². The molecule has 0 aliphatic heterocycles. The summed E-state index contributed by atoms with van der Waals surface area (Å²) in [6.45, 7) is 0.462. The summed E-state index contributed by atoms with van der Waals surface area (Å²) < 4.78 is 15.7. The van der Waals surface area contributed by atoms with E-state index in [-0.39, 0.29) is 18.1 Å². The molecule has 31 heavy (non-hydrogen) atoms. The second-order valence-electron chi connectivity index (χ2n) is 6.86.